The number of nitrogens with one attached hydrogen (secondary N) is 1. The van der Waals surface area contributed by atoms with E-state index in [1.54, 1.807) is 0 Å². The highest BCUT2D eigenvalue weighted by Crippen LogP contribution is 2.25. The molecule has 1 aromatic rings. The fourth-order valence-corrected chi connectivity index (χ4v) is 4.29. The fraction of sp³-hybridized carbons (Fsp3) is 0.444. The van der Waals surface area contributed by atoms with Gasteiger partial charge in [-0.25, -0.2) is 26.4 Å². The van der Waals surface area contributed by atoms with Gasteiger partial charge < -0.3 is 5.11 Å². The lowest BCUT2D eigenvalue weighted by atomic mass is 10.3. The van der Waals surface area contributed by atoms with Gasteiger partial charge in [0.15, 0.2) is 0 Å². The first-order valence-corrected chi connectivity index (χ1v) is 9.40. The molecule has 19 heavy (non-hydrogen) atoms. The zero-order valence-corrected chi connectivity index (χ0v) is 12.7. The average molecular weight is 327 g/mol. The van der Waals surface area contributed by atoms with Crippen LogP contribution in [0.15, 0.2) is 10.3 Å². The third-order valence-electron chi connectivity index (χ3n) is 2.12. The summed E-state index contributed by atoms with van der Waals surface area (Å²) in [6.07, 6.45) is 0.999. The van der Waals surface area contributed by atoms with Crippen LogP contribution >= 0.6 is 11.3 Å². The van der Waals surface area contributed by atoms with Gasteiger partial charge in [0.2, 0.25) is 10.0 Å². The van der Waals surface area contributed by atoms with E-state index in [0.29, 0.717) is 16.9 Å². The van der Waals surface area contributed by atoms with Gasteiger partial charge in [0.25, 0.3) is 0 Å². The highest BCUT2D eigenvalue weighted by Gasteiger charge is 2.21. The highest BCUT2D eigenvalue weighted by atomic mass is 32.2. The van der Waals surface area contributed by atoms with E-state index < -0.39 is 25.8 Å². The Hall–Kier alpha value is -0.970. The second-order valence-electron chi connectivity index (χ2n) is 3.91. The molecule has 0 atom stereocenters. The molecule has 0 aromatic carbocycles. The first kappa shape index (κ1) is 16.1. The van der Waals surface area contributed by atoms with Crippen molar-refractivity contribution < 1.29 is 26.7 Å². The van der Waals surface area contributed by atoms with Crippen LogP contribution in [0.5, 0.6) is 0 Å². The van der Waals surface area contributed by atoms with Crippen LogP contribution in [0.1, 0.15) is 15.2 Å². The maximum Gasteiger partial charge on any atom is 0.346 e. The van der Waals surface area contributed by atoms with Gasteiger partial charge in [-0.3, -0.25) is 0 Å². The summed E-state index contributed by atoms with van der Waals surface area (Å²) >= 11 is 0.633. The van der Waals surface area contributed by atoms with Gasteiger partial charge in [-0.05, 0) is 18.6 Å². The molecule has 7 nitrogen and oxygen atoms in total. The van der Waals surface area contributed by atoms with Crippen molar-refractivity contribution in [3.63, 3.8) is 0 Å². The number of hydrogen-bond acceptors (Lipinski definition) is 6. The third kappa shape index (κ3) is 4.56. The Kier molecular flexibility index (Phi) is 4.72. The summed E-state index contributed by atoms with van der Waals surface area (Å²) in [6, 6.07) is 1.25. The van der Waals surface area contributed by atoms with Gasteiger partial charge in [-0.1, -0.05) is 0 Å². The van der Waals surface area contributed by atoms with E-state index in [1.807, 2.05) is 0 Å². The molecule has 2 N–H and O–H groups in total. The minimum Gasteiger partial charge on any atom is -0.477 e. The van der Waals surface area contributed by atoms with E-state index in [9.17, 15) is 21.6 Å². The SMILES string of the molecule is Cc1cc(S(=O)(=O)NCCS(C)(=O)=O)sc1C(=O)O. The number of aryl methyl sites for hydroxylation is 1. The number of rotatable bonds is 6. The van der Waals surface area contributed by atoms with Gasteiger partial charge in [0.05, 0.1) is 5.75 Å². The highest BCUT2D eigenvalue weighted by molar-refractivity contribution is 7.92. The average Bonchev–Trinajstić information content (AvgIpc) is 2.58. The van der Waals surface area contributed by atoms with Crippen molar-refractivity contribution in [1.29, 1.82) is 0 Å². The van der Waals surface area contributed by atoms with Crippen LogP contribution in [0.3, 0.4) is 0 Å². The predicted molar refractivity (Wildman–Crippen MR) is 70.9 cm³/mol. The summed E-state index contributed by atoms with van der Waals surface area (Å²) in [5, 5.41) is 8.84. The first-order valence-electron chi connectivity index (χ1n) is 5.04. The summed E-state index contributed by atoms with van der Waals surface area (Å²) < 4.78 is 47.4. The largest absolute Gasteiger partial charge is 0.477 e. The van der Waals surface area contributed by atoms with Crippen LogP contribution < -0.4 is 4.72 Å². The smallest absolute Gasteiger partial charge is 0.346 e. The van der Waals surface area contributed by atoms with Crippen LogP contribution in [0, 0.1) is 6.92 Å². The molecule has 0 fully saturated rings. The minimum atomic E-state index is -3.88. The minimum absolute atomic E-state index is 0.0523. The van der Waals surface area contributed by atoms with Gasteiger partial charge in [-0.2, -0.15) is 0 Å². The Balaban J connectivity index is 2.89. The number of sulfone groups is 1. The maximum absolute atomic E-state index is 11.8. The summed E-state index contributed by atoms with van der Waals surface area (Å²) in [5.74, 6) is -1.51. The Morgan fingerprint density at radius 1 is 1.37 bits per heavy atom. The molecule has 0 radical (unpaired) electrons. The van der Waals surface area contributed by atoms with Gasteiger partial charge in [0, 0.05) is 12.8 Å². The molecule has 0 saturated heterocycles. The molecule has 0 aliphatic carbocycles. The molecule has 0 bridgehead atoms. The number of carboxylic acid groups (broad SMARTS) is 1. The van der Waals surface area contributed by atoms with E-state index >= 15 is 0 Å². The molecular formula is C9H13NO6S3. The Bertz CT molecular complexity index is 686. The van der Waals surface area contributed by atoms with E-state index in [1.165, 1.54) is 13.0 Å². The maximum atomic E-state index is 11.8. The van der Waals surface area contributed by atoms with Crippen molar-refractivity contribution >= 4 is 37.2 Å². The molecule has 10 heteroatoms. The van der Waals surface area contributed by atoms with Crippen LogP contribution in [0.2, 0.25) is 0 Å². The summed E-state index contributed by atoms with van der Waals surface area (Å²) in [7, 11) is -7.14. The molecule has 1 aromatic heterocycles. The van der Waals surface area contributed by atoms with E-state index in [4.69, 9.17) is 5.11 Å². The number of carbonyl (C=O) groups is 1. The number of hydrogen-bond donors (Lipinski definition) is 2. The molecular weight excluding hydrogens is 314 g/mol. The molecule has 0 amide bonds. The first-order chi connectivity index (χ1) is 8.53. The number of sulfonamides is 1. The van der Waals surface area contributed by atoms with Gasteiger partial charge >= 0.3 is 5.97 Å². The van der Waals surface area contributed by atoms with Gasteiger partial charge in [0.1, 0.15) is 18.9 Å². The lowest BCUT2D eigenvalue weighted by molar-refractivity contribution is 0.0701. The molecule has 0 unspecified atom stereocenters. The van der Waals surface area contributed by atoms with Crippen LogP contribution in [0.25, 0.3) is 0 Å². The molecule has 0 aliphatic rings. The topological polar surface area (TPSA) is 118 Å². The molecule has 1 heterocycles. The Labute approximate surface area is 115 Å². The monoisotopic (exact) mass is 327 g/mol. The number of aromatic carboxylic acids is 1. The second kappa shape index (κ2) is 5.57. The van der Waals surface area contributed by atoms with Crippen molar-refractivity contribution in [2.75, 3.05) is 18.6 Å². The third-order valence-corrected chi connectivity index (χ3v) is 6.22. The zero-order chi connectivity index (χ0) is 14.8. The molecule has 0 spiro atoms. The normalized spacial score (nSPS) is 12.5. The summed E-state index contributed by atoms with van der Waals surface area (Å²) in [4.78, 5) is 10.8. The van der Waals surface area contributed by atoms with Crippen LogP contribution in [-0.4, -0.2) is 46.5 Å². The van der Waals surface area contributed by atoms with Crippen molar-refractivity contribution in [1.82, 2.24) is 4.72 Å². The van der Waals surface area contributed by atoms with Crippen molar-refractivity contribution in [2.24, 2.45) is 0 Å². The lowest BCUT2D eigenvalue weighted by Crippen LogP contribution is -2.28. The van der Waals surface area contributed by atoms with Gasteiger partial charge in [-0.15, -0.1) is 11.3 Å². The van der Waals surface area contributed by atoms with Crippen molar-refractivity contribution in [2.45, 2.75) is 11.1 Å². The Morgan fingerprint density at radius 3 is 2.37 bits per heavy atom. The lowest BCUT2D eigenvalue weighted by Gasteiger charge is -2.03. The summed E-state index contributed by atoms with van der Waals surface area (Å²) in [6.45, 7) is 1.25. The quantitative estimate of drug-likeness (QED) is 0.764. The summed E-state index contributed by atoms with van der Waals surface area (Å²) in [5.41, 5.74) is 0.348. The second-order valence-corrected chi connectivity index (χ2v) is 9.22. The van der Waals surface area contributed by atoms with E-state index in [2.05, 4.69) is 4.72 Å². The molecule has 0 aliphatic heterocycles. The molecule has 108 valence electrons. The van der Waals surface area contributed by atoms with Crippen LogP contribution in [0.4, 0.5) is 0 Å². The standard InChI is InChI=1S/C9H13NO6S3/c1-6-5-7(17-8(6)9(11)12)19(15,16)10-3-4-18(2,13)14/h5,10H,3-4H2,1-2H3,(H,11,12). The van der Waals surface area contributed by atoms with Crippen molar-refractivity contribution in [3.8, 4) is 0 Å². The number of thiophene rings is 1. The molecule has 1 rings (SSSR count). The van der Waals surface area contributed by atoms with E-state index in [0.717, 1.165) is 6.26 Å². The molecule has 0 saturated carbocycles. The predicted octanol–water partition coefficient (Wildman–Crippen LogP) is 0.0776. The number of carboxylic acids is 1. The van der Waals surface area contributed by atoms with Crippen molar-refractivity contribution in [3.05, 3.63) is 16.5 Å². The zero-order valence-electron chi connectivity index (χ0n) is 10.2. The van der Waals surface area contributed by atoms with Crippen LogP contribution in [-0.2, 0) is 19.9 Å². The Morgan fingerprint density at radius 2 is 1.95 bits per heavy atom. The van der Waals surface area contributed by atoms with E-state index in [-0.39, 0.29) is 21.4 Å². The fourth-order valence-electron chi connectivity index (χ4n) is 1.23.